The van der Waals surface area contributed by atoms with Gasteiger partial charge in [-0.1, -0.05) is 70.5 Å². The summed E-state index contributed by atoms with van der Waals surface area (Å²) in [5.41, 5.74) is 6.30. The van der Waals surface area contributed by atoms with E-state index in [1.807, 2.05) is 25.1 Å². The van der Waals surface area contributed by atoms with Crippen LogP contribution < -0.4 is 9.64 Å². The molecule has 0 saturated heterocycles. The van der Waals surface area contributed by atoms with Crippen molar-refractivity contribution >= 4 is 21.6 Å². The van der Waals surface area contributed by atoms with Crippen LogP contribution in [0.2, 0.25) is 0 Å². The Morgan fingerprint density at radius 3 is 2.64 bits per heavy atom. The maximum Gasteiger partial charge on any atom is 0.144 e. The quantitative estimate of drug-likeness (QED) is 0.492. The predicted molar refractivity (Wildman–Crippen MR) is 116 cm³/mol. The molecular formula is C24H21BrN2O. The van der Waals surface area contributed by atoms with Gasteiger partial charge < -0.3 is 9.64 Å². The van der Waals surface area contributed by atoms with E-state index < -0.39 is 0 Å². The third-order valence-corrected chi connectivity index (χ3v) is 6.04. The fourth-order valence-electron chi connectivity index (χ4n) is 3.69. The van der Waals surface area contributed by atoms with E-state index in [1.54, 1.807) is 0 Å². The van der Waals surface area contributed by atoms with Gasteiger partial charge in [0.2, 0.25) is 0 Å². The fourth-order valence-corrected chi connectivity index (χ4v) is 4.28. The van der Waals surface area contributed by atoms with Crippen LogP contribution in [0.1, 0.15) is 32.6 Å². The molecule has 3 aromatic carbocycles. The van der Waals surface area contributed by atoms with Crippen LogP contribution in [0.4, 0.5) is 5.69 Å². The fraction of sp³-hybridized carbons (Fsp3) is 0.208. The lowest BCUT2D eigenvalue weighted by atomic mass is 10.0. The smallest absolute Gasteiger partial charge is 0.144 e. The summed E-state index contributed by atoms with van der Waals surface area (Å²) in [7, 11) is 0. The average molecular weight is 433 g/mol. The van der Waals surface area contributed by atoms with Crippen LogP contribution in [0.5, 0.6) is 5.75 Å². The summed E-state index contributed by atoms with van der Waals surface area (Å²) in [6.45, 7) is 4.14. The summed E-state index contributed by atoms with van der Waals surface area (Å²) in [6.07, 6.45) is 0. The molecule has 0 radical (unpaired) electrons. The van der Waals surface area contributed by atoms with Crippen molar-refractivity contribution in [2.24, 2.45) is 0 Å². The van der Waals surface area contributed by atoms with Gasteiger partial charge in [-0.3, -0.25) is 0 Å². The minimum atomic E-state index is 0.156. The molecule has 1 aliphatic heterocycles. The predicted octanol–water partition coefficient (Wildman–Crippen LogP) is 5.75. The van der Waals surface area contributed by atoms with E-state index in [0.717, 1.165) is 30.1 Å². The minimum Gasteiger partial charge on any atom is -0.490 e. The van der Waals surface area contributed by atoms with Crippen molar-refractivity contribution in [1.82, 2.24) is 0 Å². The Balaban J connectivity index is 1.63. The molecule has 1 unspecified atom stereocenters. The van der Waals surface area contributed by atoms with E-state index in [2.05, 4.69) is 75.4 Å². The highest BCUT2D eigenvalue weighted by Gasteiger charge is 2.23. The zero-order valence-electron chi connectivity index (χ0n) is 15.7. The van der Waals surface area contributed by atoms with E-state index >= 15 is 0 Å². The normalized spacial score (nSPS) is 14.0. The van der Waals surface area contributed by atoms with Crippen molar-refractivity contribution in [3.05, 3.63) is 94.5 Å². The van der Waals surface area contributed by atoms with E-state index in [4.69, 9.17) is 4.74 Å². The zero-order chi connectivity index (χ0) is 19.5. The average Bonchev–Trinajstić information content (AvgIpc) is 2.73. The number of hydrogen-bond donors (Lipinski definition) is 0. The number of halogens is 1. The summed E-state index contributed by atoms with van der Waals surface area (Å²) in [6, 6.07) is 25.3. The first-order chi connectivity index (χ1) is 13.7. The van der Waals surface area contributed by atoms with Crippen LogP contribution in [-0.4, -0.2) is 13.2 Å². The molecule has 140 valence electrons. The van der Waals surface area contributed by atoms with Gasteiger partial charge in [0.05, 0.1) is 22.6 Å². The zero-order valence-corrected chi connectivity index (χ0v) is 17.3. The molecule has 0 N–H and O–H groups in total. The summed E-state index contributed by atoms with van der Waals surface area (Å²) < 4.78 is 5.83. The molecule has 0 aliphatic carbocycles. The first-order valence-electron chi connectivity index (χ1n) is 9.36. The van der Waals surface area contributed by atoms with Crippen molar-refractivity contribution in [2.45, 2.75) is 18.3 Å². The Labute approximate surface area is 174 Å². The van der Waals surface area contributed by atoms with Gasteiger partial charge in [-0.15, -0.1) is 0 Å². The van der Waals surface area contributed by atoms with Gasteiger partial charge in [0.25, 0.3) is 0 Å². The number of benzene rings is 3. The number of ether oxygens (including phenoxy) is 1. The Morgan fingerprint density at radius 1 is 1.07 bits per heavy atom. The Hall–Kier alpha value is -2.77. The molecule has 4 heteroatoms. The number of rotatable bonds is 4. The maximum atomic E-state index is 9.61. The van der Waals surface area contributed by atoms with Crippen molar-refractivity contribution < 1.29 is 4.74 Å². The molecule has 0 aromatic heterocycles. The molecule has 1 aliphatic rings. The lowest BCUT2D eigenvalue weighted by Crippen LogP contribution is -2.33. The molecule has 1 atom stereocenters. The number of fused-ring (bicyclic) bond motifs is 1. The summed E-state index contributed by atoms with van der Waals surface area (Å²) in [4.78, 5) is 2.41. The van der Waals surface area contributed by atoms with Crippen LogP contribution in [0.3, 0.4) is 0 Å². The lowest BCUT2D eigenvalue weighted by Gasteiger charge is -2.32. The second kappa shape index (κ2) is 8.08. The van der Waals surface area contributed by atoms with Crippen LogP contribution >= 0.6 is 15.9 Å². The monoisotopic (exact) mass is 432 g/mol. The Morgan fingerprint density at radius 2 is 1.86 bits per heavy atom. The number of alkyl halides is 1. The van der Waals surface area contributed by atoms with Gasteiger partial charge in [-0.05, 0) is 41.3 Å². The van der Waals surface area contributed by atoms with Crippen molar-refractivity contribution in [1.29, 1.82) is 5.26 Å². The van der Waals surface area contributed by atoms with E-state index in [9.17, 15) is 5.26 Å². The number of nitrogens with zero attached hydrogens (tertiary/aromatic N) is 2. The number of nitriles is 1. The molecule has 28 heavy (non-hydrogen) atoms. The van der Waals surface area contributed by atoms with Gasteiger partial charge in [-0.2, -0.15) is 5.26 Å². The van der Waals surface area contributed by atoms with Gasteiger partial charge in [-0.25, -0.2) is 0 Å². The molecule has 0 saturated carbocycles. The van der Waals surface area contributed by atoms with E-state index in [-0.39, 0.29) is 4.83 Å². The molecule has 3 aromatic rings. The highest BCUT2D eigenvalue weighted by molar-refractivity contribution is 9.09. The maximum absolute atomic E-state index is 9.61. The van der Waals surface area contributed by atoms with Crippen molar-refractivity contribution in [3.8, 4) is 11.8 Å². The molecule has 3 nitrogen and oxygen atoms in total. The van der Waals surface area contributed by atoms with Crippen molar-refractivity contribution in [2.75, 3.05) is 18.1 Å². The first kappa shape index (κ1) is 18.6. The van der Waals surface area contributed by atoms with Crippen molar-refractivity contribution in [3.63, 3.8) is 0 Å². The van der Waals surface area contributed by atoms with Crippen LogP contribution in [-0.2, 0) is 6.54 Å². The molecule has 0 spiro atoms. The third-order valence-electron chi connectivity index (χ3n) is 4.98. The second-order valence-corrected chi connectivity index (χ2v) is 7.97. The van der Waals surface area contributed by atoms with Crippen LogP contribution in [0.15, 0.2) is 66.7 Å². The first-order valence-corrected chi connectivity index (χ1v) is 10.3. The highest BCUT2D eigenvalue weighted by atomic mass is 79.9. The Kier molecular flexibility index (Phi) is 5.36. The summed E-state index contributed by atoms with van der Waals surface area (Å²) in [5.74, 6) is 0.807. The topological polar surface area (TPSA) is 36.3 Å². The molecule has 1 heterocycles. The Bertz CT molecular complexity index is 1030. The number of hydrogen-bond acceptors (Lipinski definition) is 3. The highest BCUT2D eigenvalue weighted by Crippen LogP contribution is 2.37. The third kappa shape index (κ3) is 3.76. The molecule has 0 fully saturated rings. The summed E-state index contributed by atoms with van der Waals surface area (Å²) in [5, 5.41) is 9.61. The second-order valence-electron chi connectivity index (χ2n) is 7.06. The van der Waals surface area contributed by atoms with E-state index in [1.165, 1.54) is 16.7 Å². The summed E-state index contributed by atoms with van der Waals surface area (Å²) >= 11 is 3.83. The standard InChI is InChI=1S/C24H21BrN2O/c1-17-12-21(15-26)24-22(13-17)28-11-10-27(24)16-18-6-5-9-20(14-18)23(25)19-7-3-2-4-8-19/h2-9,12-14,23H,10-11,16H2,1H3. The molecule has 0 amide bonds. The van der Waals surface area contributed by atoms with Crippen LogP contribution in [0.25, 0.3) is 0 Å². The van der Waals surface area contributed by atoms with Gasteiger partial charge >= 0.3 is 0 Å². The van der Waals surface area contributed by atoms with Crippen LogP contribution in [0, 0.1) is 18.3 Å². The van der Waals surface area contributed by atoms with Gasteiger partial charge in [0, 0.05) is 6.54 Å². The van der Waals surface area contributed by atoms with E-state index in [0.29, 0.717) is 12.2 Å². The number of anilines is 1. The molecule has 0 bridgehead atoms. The van der Waals surface area contributed by atoms with Gasteiger partial charge in [0.15, 0.2) is 0 Å². The SMILES string of the molecule is Cc1cc(C#N)c2c(c1)OCCN2Cc1cccc(C(Br)c2ccccc2)c1. The molecular weight excluding hydrogens is 412 g/mol. The molecule has 4 rings (SSSR count). The minimum absolute atomic E-state index is 0.156. The van der Waals surface area contributed by atoms with Gasteiger partial charge in [0.1, 0.15) is 18.4 Å². The number of aryl methyl sites for hydroxylation is 1. The lowest BCUT2D eigenvalue weighted by molar-refractivity contribution is 0.306. The largest absolute Gasteiger partial charge is 0.490 e.